The number of esters is 1. The average molecular weight is 238 g/mol. The van der Waals surface area contributed by atoms with E-state index in [1.54, 1.807) is 12.1 Å². The molecule has 0 radical (unpaired) electrons. The van der Waals surface area contributed by atoms with Crippen molar-refractivity contribution in [3.63, 3.8) is 0 Å². The van der Waals surface area contributed by atoms with Crippen LogP contribution in [0.5, 0.6) is 11.5 Å². The molecule has 2 atom stereocenters. The monoisotopic (exact) mass is 238 g/mol. The Balaban J connectivity index is 2.00. The van der Waals surface area contributed by atoms with Gasteiger partial charge in [0, 0.05) is 0 Å². The van der Waals surface area contributed by atoms with Crippen LogP contribution in [0.15, 0.2) is 24.3 Å². The molecule has 1 heterocycles. The molecule has 0 saturated carbocycles. The molecule has 0 spiro atoms. The van der Waals surface area contributed by atoms with Crippen molar-refractivity contribution in [2.75, 3.05) is 13.7 Å². The average Bonchev–Trinajstić information content (AvgIpc) is 2.38. The number of fused-ring (bicyclic) bond motifs is 1. The highest BCUT2D eigenvalue weighted by atomic mass is 16.6. The second-order valence-electron chi connectivity index (χ2n) is 3.76. The number of hydrogen-bond acceptors (Lipinski definition) is 5. The molecule has 17 heavy (non-hydrogen) atoms. The van der Waals surface area contributed by atoms with E-state index >= 15 is 0 Å². The van der Waals surface area contributed by atoms with Crippen LogP contribution in [0.3, 0.4) is 0 Å². The maximum atomic E-state index is 11.0. The molecule has 1 aromatic rings. The SMILES string of the molecule is COC(=O)C[C@H](O)C1COc2ccccc2O1. The summed E-state index contributed by atoms with van der Waals surface area (Å²) in [7, 11) is 1.28. The number of benzene rings is 1. The summed E-state index contributed by atoms with van der Waals surface area (Å²) in [6.07, 6.45) is -1.59. The zero-order valence-electron chi connectivity index (χ0n) is 9.46. The summed E-state index contributed by atoms with van der Waals surface area (Å²) >= 11 is 0. The van der Waals surface area contributed by atoms with Crippen molar-refractivity contribution in [2.24, 2.45) is 0 Å². The highest BCUT2D eigenvalue weighted by Gasteiger charge is 2.29. The molecule has 1 N–H and O–H groups in total. The van der Waals surface area contributed by atoms with E-state index < -0.39 is 18.2 Å². The van der Waals surface area contributed by atoms with Crippen molar-refractivity contribution in [3.8, 4) is 11.5 Å². The predicted octanol–water partition coefficient (Wildman–Crippen LogP) is 0.750. The van der Waals surface area contributed by atoms with Gasteiger partial charge in [0.05, 0.1) is 13.5 Å². The Labute approximate surface area is 98.9 Å². The number of aliphatic hydroxyl groups is 1. The van der Waals surface area contributed by atoms with Crippen LogP contribution in [0.2, 0.25) is 0 Å². The lowest BCUT2D eigenvalue weighted by atomic mass is 10.1. The summed E-state index contributed by atoms with van der Waals surface area (Å²) in [4.78, 5) is 11.0. The van der Waals surface area contributed by atoms with E-state index in [-0.39, 0.29) is 13.0 Å². The van der Waals surface area contributed by atoms with Gasteiger partial charge in [0.2, 0.25) is 0 Å². The Kier molecular flexibility index (Phi) is 3.49. The summed E-state index contributed by atoms with van der Waals surface area (Å²) in [6, 6.07) is 7.20. The van der Waals surface area contributed by atoms with Gasteiger partial charge in [0.1, 0.15) is 12.7 Å². The van der Waals surface area contributed by atoms with E-state index in [2.05, 4.69) is 4.74 Å². The van der Waals surface area contributed by atoms with Crippen molar-refractivity contribution >= 4 is 5.97 Å². The first kappa shape index (κ1) is 11.7. The molecule has 1 aliphatic rings. The number of para-hydroxylation sites is 2. The number of hydrogen-bond donors (Lipinski definition) is 1. The van der Waals surface area contributed by atoms with Crippen LogP contribution >= 0.6 is 0 Å². The van der Waals surface area contributed by atoms with E-state index in [9.17, 15) is 9.90 Å². The zero-order valence-corrected chi connectivity index (χ0v) is 9.46. The van der Waals surface area contributed by atoms with Gasteiger partial charge in [-0.2, -0.15) is 0 Å². The molecule has 0 aromatic heterocycles. The lowest BCUT2D eigenvalue weighted by molar-refractivity contribution is -0.144. The molecule has 0 fully saturated rings. The van der Waals surface area contributed by atoms with Crippen molar-refractivity contribution in [1.29, 1.82) is 0 Å². The maximum absolute atomic E-state index is 11.0. The molecule has 0 aliphatic carbocycles. The quantitative estimate of drug-likeness (QED) is 0.787. The third-order valence-corrected chi connectivity index (χ3v) is 2.56. The second-order valence-corrected chi connectivity index (χ2v) is 3.76. The Hall–Kier alpha value is -1.75. The van der Waals surface area contributed by atoms with Gasteiger partial charge in [-0.05, 0) is 12.1 Å². The Morgan fingerprint density at radius 2 is 2.24 bits per heavy atom. The summed E-state index contributed by atoms with van der Waals surface area (Å²) < 4.78 is 15.5. The molecule has 0 bridgehead atoms. The van der Waals surface area contributed by atoms with Gasteiger partial charge in [-0.1, -0.05) is 12.1 Å². The van der Waals surface area contributed by atoms with E-state index in [1.807, 2.05) is 12.1 Å². The standard InChI is InChI=1S/C12H14O5/c1-15-12(14)6-8(13)11-7-16-9-4-2-3-5-10(9)17-11/h2-5,8,11,13H,6-7H2,1H3/t8-,11?/m0/s1. The number of ether oxygens (including phenoxy) is 3. The predicted molar refractivity (Wildman–Crippen MR) is 59.0 cm³/mol. The van der Waals surface area contributed by atoms with E-state index in [0.717, 1.165) is 0 Å². The lowest BCUT2D eigenvalue weighted by Gasteiger charge is -2.29. The molecule has 0 saturated heterocycles. The summed E-state index contributed by atoms with van der Waals surface area (Å²) in [6.45, 7) is 0.217. The molecule has 1 aromatic carbocycles. The van der Waals surface area contributed by atoms with Crippen LogP contribution < -0.4 is 9.47 Å². The molecular formula is C12H14O5. The van der Waals surface area contributed by atoms with Crippen molar-refractivity contribution < 1.29 is 24.1 Å². The minimum absolute atomic E-state index is 0.104. The summed E-state index contributed by atoms with van der Waals surface area (Å²) in [5.41, 5.74) is 0. The molecule has 2 rings (SSSR count). The molecule has 1 unspecified atom stereocenters. The minimum Gasteiger partial charge on any atom is -0.486 e. The van der Waals surface area contributed by atoms with Gasteiger partial charge < -0.3 is 19.3 Å². The number of methoxy groups -OCH3 is 1. The van der Waals surface area contributed by atoms with Crippen molar-refractivity contribution in [1.82, 2.24) is 0 Å². The fraction of sp³-hybridized carbons (Fsp3) is 0.417. The van der Waals surface area contributed by atoms with Gasteiger partial charge in [0.25, 0.3) is 0 Å². The van der Waals surface area contributed by atoms with Crippen LogP contribution in [0.4, 0.5) is 0 Å². The Bertz CT molecular complexity index is 404. The third kappa shape index (κ3) is 2.68. The van der Waals surface area contributed by atoms with Crippen LogP contribution in [0.25, 0.3) is 0 Å². The van der Waals surface area contributed by atoms with E-state index in [0.29, 0.717) is 11.5 Å². The van der Waals surface area contributed by atoms with Gasteiger partial charge >= 0.3 is 5.97 Å². The Morgan fingerprint density at radius 1 is 1.53 bits per heavy atom. The summed E-state index contributed by atoms with van der Waals surface area (Å²) in [5, 5.41) is 9.80. The highest BCUT2D eigenvalue weighted by Crippen LogP contribution is 2.31. The molecule has 0 amide bonds. The van der Waals surface area contributed by atoms with E-state index in [1.165, 1.54) is 7.11 Å². The number of aliphatic hydroxyl groups excluding tert-OH is 1. The zero-order chi connectivity index (χ0) is 12.3. The largest absolute Gasteiger partial charge is 0.486 e. The first-order valence-corrected chi connectivity index (χ1v) is 5.34. The fourth-order valence-electron chi connectivity index (χ4n) is 1.61. The fourth-order valence-corrected chi connectivity index (χ4v) is 1.61. The Morgan fingerprint density at radius 3 is 2.94 bits per heavy atom. The number of carbonyl (C=O) groups is 1. The molecule has 92 valence electrons. The van der Waals surface area contributed by atoms with Crippen molar-refractivity contribution in [3.05, 3.63) is 24.3 Å². The highest BCUT2D eigenvalue weighted by molar-refractivity contribution is 5.69. The maximum Gasteiger partial charge on any atom is 0.308 e. The van der Waals surface area contributed by atoms with Crippen LogP contribution in [0, 0.1) is 0 Å². The smallest absolute Gasteiger partial charge is 0.308 e. The first-order valence-electron chi connectivity index (χ1n) is 5.34. The van der Waals surface area contributed by atoms with Crippen LogP contribution in [-0.4, -0.2) is 37.0 Å². The first-order chi connectivity index (χ1) is 8.20. The van der Waals surface area contributed by atoms with Gasteiger partial charge in [-0.15, -0.1) is 0 Å². The van der Waals surface area contributed by atoms with Gasteiger partial charge in [0.15, 0.2) is 17.6 Å². The number of rotatable bonds is 3. The molecular weight excluding hydrogens is 224 g/mol. The van der Waals surface area contributed by atoms with Gasteiger partial charge in [-0.25, -0.2) is 0 Å². The number of carbonyl (C=O) groups excluding carboxylic acids is 1. The van der Waals surface area contributed by atoms with Crippen LogP contribution in [0.1, 0.15) is 6.42 Å². The molecule has 5 nitrogen and oxygen atoms in total. The third-order valence-electron chi connectivity index (χ3n) is 2.56. The topological polar surface area (TPSA) is 65.0 Å². The lowest BCUT2D eigenvalue weighted by Crippen LogP contribution is -2.40. The molecule has 5 heteroatoms. The van der Waals surface area contributed by atoms with Gasteiger partial charge in [-0.3, -0.25) is 4.79 Å². The minimum atomic E-state index is -0.934. The second kappa shape index (κ2) is 5.05. The molecule has 1 aliphatic heterocycles. The normalized spacial score (nSPS) is 19.5. The van der Waals surface area contributed by atoms with Crippen LogP contribution in [-0.2, 0) is 9.53 Å². The van der Waals surface area contributed by atoms with Crippen molar-refractivity contribution in [2.45, 2.75) is 18.6 Å². The van der Waals surface area contributed by atoms with E-state index in [4.69, 9.17) is 9.47 Å². The summed E-state index contributed by atoms with van der Waals surface area (Å²) in [5.74, 6) is 0.752.